The molecule has 0 saturated carbocycles. The molecule has 0 unspecified atom stereocenters. The van der Waals surface area contributed by atoms with Gasteiger partial charge in [0, 0.05) is 26.7 Å². The summed E-state index contributed by atoms with van der Waals surface area (Å²) in [4.78, 5) is 13.5. The second-order valence-corrected chi connectivity index (χ2v) is 7.37. The monoisotopic (exact) mass is 342 g/mol. The Morgan fingerprint density at radius 1 is 1.35 bits per heavy atom. The Kier molecular flexibility index (Phi) is 6.37. The third kappa shape index (κ3) is 5.19. The van der Waals surface area contributed by atoms with Crippen molar-refractivity contribution >= 4 is 16.1 Å². The third-order valence-electron chi connectivity index (χ3n) is 3.66. The first-order valence-corrected chi connectivity index (χ1v) is 9.00. The summed E-state index contributed by atoms with van der Waals surface area (Å²) in [6.45, 7) is 1.25. The van der Waals surface area contributed by atoms with Crippen LogP contribution in [-0.2, 0) is 26.1 Å². The van der Waals surface area contributed by atoms with E-state index in [4.69, 9.17) is 9.47 Å². The highest BCUT2D eigenvalue weighted by Gasteiger charge is 2.35. The molecular weight excluding hydrogens is 320 g/mol. The number of hydrogen-bond acceptors (Lipinski definition) is 5. The number of methoxy groups -OCH3 is 1. The number of carbonyl (C=O) groups excluding carboxylic acids is 1. The van der Waals surface area contributed by atoms with Gasteiger partial charge in [0.15, 0.2) is 0 Å². The Bertz CT molecular complexity index is 606. The second kappa shape index (κ2) is 8.28. The molecule has 1 saturated heterocycles. The van der Waals surface area contributed by atoms with E-state index in [1.54, 1.807) is 0 Å². The number of nitrogens with one attached hydrogen (secondary N) is 1. The number of sulfonamides is 1. The highest BCUT2D eigenvalue weighted by molar-refractivity contribution is 7.90. The molecule has 1 aliphatic heterocycles. The molecule has 2 rings (SSSR count). The van der Waals surface area contributed by atoms with Gasteiger partial charge in [-0.25, -0.2) is 17.9 Å². The maximum atomic E-state index is 12.1. The zero-order valence-corrected chi connectivity index (χ0v) is 13.9. The fourth-order valence-corrected chi connectivity index (χ4v) is 3.76. The Labute approximate surface area is 136 Å². The summed E-state index contributed by atoms with van der Waals surface area (Å²) < 4.78 is 36.8. The Hall–Kier alpha value is -1.64. The van der Waals surface area contributed by atoms with Crippen LogP contribution in [0.3, 0.4) is 0 Å². The highest BCUT2D eigenvalue weighted by Crippen LogP contribution is 2.17. The molecule has 0 radical (unpaired) electrons. The molecule has 1 aliphatic rings. The van der Waals surface area contributed by atoms with Gasteiger partial charge in [0.2, 0.25) is 10.0 Å². The van der Waals surface area contributed by atoms with Crippen LogP contribution in [0.15, 0.2) is 30.3 Å². The summed E-state index contributed by atoms with van der Waals surface area (Å²) in [7, 11) is -1.94. The summed E-state index contributed by atoms with van der Waals surface area (Å²) in [5.74, 6) is 0. The lowest BCUT2D eigenvalue weighted by Gasteiger charge is -2.17. The number of hydrogen-bond donors (Lipinski definition) is 1. The summed E-state index contributed by atoms with van der Waals surface area (Å²) in [6, 6.07) is 9.35. The molecule has 0 bridgehead atoms. The van der Waals surface area contributed by atoms with E-state index < -0.39 is 21.4 Å². The maximum absolute atomic E-state index is 12.1. The number of likely N-dealkylation sites (tertiary alicyclic amines) is 1. The molecule has 7 nitrogen and oxygen atoms in total. The zero-order chi connectivity index (χ0) is 16.7. The van der Waals surface area contributed by atoms with Gasteiger partial charge in [-0.2, -0.15) is 0 Å². The van der Waals surface area contributed by atoms with Crippen molar-refractivity contribution in [3.8, 4) is 0 Å². The molecule has 1 amide bonds. The predicted molar refractivity (Wildman–Crippen MR) is 85.4 cm³/mol. The van der Waals surface area contributed by atoms with Crippen LogP contribution in [-0.4, -0.2) is 58.0 Å². The van der Waals surface area contributed by atoms with Crippen LogP contribution in [0.4, 0.5) is 4.79 Å². The van der Waals surface area contributed by atoms with Gasteiger partial charge in [-0.15, -0.1) is 0 Å². The minimum atomic E-state index is -3.45. The first kappa shape index (κ1) is 17.7. The third-order valence-corrected chi connectivity index (χ3v) is 5.53. The Morgan fingerprint density at radius 2 is 2.09 bits per heavy atom. The summed E-state index contributed by atoms with van der Waals surface area (Å²) >= 11 is 0. The van der Waals surface area contributed by atoms with Crippen LogP contribution >= 0.6 is 0 Å². The molecule has 8 heteroatoms. The lowest BCUT2D eigenvalue weighted by molar-refractivity contribution is 0.104. The van der Waals surface area contributed by atoms with Crippen molar-refractivity contribution in [1.82, 2.24) is 9.62 Å². The molecule has 0 aromatic heterocycles. The standard InChI is InChI=1S/C15H22N2O5S/c1-21-10-8-16-23(19,20)14-7-9-17(11-14)15(18)22-12-13-5-3-2-4-6-13/h2-6,14,16H,7-12H2,1H3/t14-/m0/s1. The number of carbonyl (C=O) groups is 1. The molecule has 1 atom stereocenters. The molecule has 23 heavy (non-hydrogen) atoms. The fourth-order valence-electron chi connectivity index (χ4n) is 2.36. The van der Waals surface area contributed by atoms with E-state index in [2.05, 4.69) is 4.72 Å². The van der Waals surface area contributed by atoms with Gasteiger partial charge < -0.3 is 14.4 Å². The van der Waals surface area contributed by atoms with Crippen molar-refractivity contribution in [2.45, 2.75) is 18.3 Å². The van der Waals surface area contributed by atoms with Gasteiger partial charge in [-0.3, -0.25) is 0 Å². The molecule has 1 aromatic rings. The zero-order valence-electron chi connectivity index (χ0n) is 13.1. The molecule has 0 spiro atoms. The van der Waals surface area contributed by atoms with Crippen molar-refractivity contribution in [2.75, 3.05) is 33.4 Å². The van der Waals surface area contributed by atoms with E-state index in [9.17, 15) is 13.2 Å². The van der Waals surface area contributed by atoms with Crippen LogP contribution in [0.2, 0.25) is 0 Å². The fraction of sp³-hybridized carbons (Fsp3) is 0.533. The van der Waals surface area contributed by atoms with Crippen molar-refractivity contribution < 1.29 is 22.7 Å². The molecule has 1 aromatic carbocycles. The minimum absolute atomic E-state index is 0.149. The highest BCUT2D eigenvalue weighted by atomic mass is 32.2. The normalized spacial score (nSPS) is 18.1. The first-order valence-electron chi connectivity index (χ1n) is 7.46. The Balaban J connectivity index is 1.81. The molecule has 1 fully saturated rings. The average molecular weight is 342 g/mol. The lowest BCUT2D eigenvalue weighted by atomic mass is 10.2. The Morgan fingerprint density at radius 3 is 2.78 bits per heavy atom. The lowest BCUT2D eigenvalue weighted by Crippen LogP contribution is -2.39. The van der Waals surface area contributed by atoms with E-state index in [1.165, 1.54) is 12.0 Å². The van der Waals surface area contributed by atoms with Crippen molar-refractivity contribution in [3.05, 3.63) is 35.9 Å². The van der Waals surface area contributed by atoms with Crippen LogP contribution in [0.25, 0.3) is 0 Å². The second-order valence-electron chi connectivity index (χ2n) is 5.33. The van der Waals surface area contributed by atoms with Crippen LogP contribution < -0.4 is 4.72 Å². The van der Waals surface area contributed by atoms with Crippen molar-refractivity contribution in [1.29, 1.82) is 0 Å². The van der Waals surface area contributed by atoms with Gasteiger partial charge in [0.05, 0.1) is 11.9 Å². The molecule has 128 valence electrons. The van der Waals surface area contributed by atoms with Crippen molar-refractivity contribution in [2.24, 2.45) is 0 Å². The quantitative estimate of drug-likeness (QED) is 0.746. The first-order chi connectivity index (χ1) is 11.0. The largest absolute Gasteiger partial charge is 0.445 e. The number of ether oxygens (including phenoxy) is 2. The van der Waals surface area contributed by atoms with Gasteiger partial charge in [-0.05, 0) is 12.0 Å². The number of amides is 1. The SMILES string of the molecule is COCCNS(=O)(=O)[C@H]1CCN(C(=O)OCc2ccccc2)C1. The summed E-state index contributed by atoms with van der Waals surface area (Å²) in [5.41, 5.74) is 0.894. The molecule has 0 aliphatic carbocycles. The molecule has 1 N–H and O–H groups in total. The maximum Gasteiger partial charge on any atom is 0.410 e. The van der Waals surface area contributed by atoms with Gasteiger partial charge in [0.25, 0.3) is 0 Å². The van der Waals surface area contributed by atoms with Crippen LogP contribution in [0, 0.1) is 0 Å². The minimum Gasteiger partial charge on any atom is -0.445 e. The van der Waals surface area contributed by atoms with Crippen molar-refractivity contribution in [3.63, 3.8) is 0 Å². The smallest absolute Gasteiger partial charge is 0.410 e. The van der Waals surface area contributed by atoms with Gasteiger partial charge >= 0.3 is 6.09 Å². The number of benzene rings is 1. The van der Waals surface area contributed by atoms with E-state index in [1.807, 2.05) is 30.3 Å². The van der Waals surface area contributed by atoms with E-state index in [0.29, 0.717) is 19.6 Å². The average Bonchev–Trinajstić information content (AvgIpc) is 3.05. The number of rotatable bonds is 7. The van der Waals surface area contributed by atoms with Gasteiger partial charge in [0.1, 0.15) is 6.61 Å². The van der Waals surface area contributed by atoms with Gasteiger partial charge in [-0.1, -0.05) is 30.3 Å². The van der Waals surface area contributed by atoms with E-state index in [-0.39, 0.29) is 19.7 Å². The summed E-state index contributed by atoms with van der Waals surface area (Å²) in [6.07, 6.45) is -0.0774. The molecular formula is C15H22N2O5S. The molecule has 1 heterocycles. The summed E-state index contributed by atoms with van der Waals surface area (Å²) in [5, 5.41) is -0.608. The van der Waals surface area contributed by atoms with Crippen LogP contribution in [0.1, 0.15) is 12.0 Å². The number of nitrogens with zero attached hydrogens (tertiary/aromatic N) is 1. The van der Waals surface area contributed by atoms with E-state index >= 15 is 0 Å². The van der Waals surface area contributed by atoms with E-state index in [0.717, 1.165) is 5.56 Å². The van der Waals surface area contributed by atoms with Crippen LogP contribution in [0.5, 0.6) is 0 Å². The predicted octanol–water partition coefficient (Wildman–Crippen LogP) is 0.963. The topological polar surface area (TPSA) is 84.9 Å².